The second kappa shape index (κ2) is 17.0. The molecule has 294 valence electrons. The number of aryl methyl sites for hydroxylation is 4. The zero-order valence-electron chi connectivity index (χ0n) is 32.8. The molecule has 2 unspecified atom stereocenters. The predicted molar refractivity (Wildman–Crippen MR) is 223 cm³/mol. The number of thiazole rings is 2. The zero-order valence-corrected chi connectivity index (χ0v) is 34.4. The van der Waals surface area contributed by atoms with Gasteiger partial charge in [0.05, 0.1) is 29.5 Å². The first-order valence-electron chi connectivity index (χ1n) is 18.4. The van der Waals surface area contributed by atoms with Gasteiger partial charge in [0, 0.05) is 42.0 Å². The Morgan fingerprint density at radius 2 is 1.20 bits per heavy atom. The molecule has 0 fully saturated rings. The molecular weight excluding hydrogens is 749 g/mol. The molecule has 6 rings (SSSR count). The van der Waals surface area contributed by atoms with E-state index < -0.39 is 0 Å². The van der Waals surface area contributed by atoms with Gasteiger partial charge in [0.15, 0.2) is 16.1 Å². The lowest BCUT2D eigenvalue weighted by Gasteiger charge is -2.17. The van der Waals surface area contributed by atoms with Gasteiger partial charge in [0.25, 0.3) is 11.8 Å². The number of carbonyl (C=O) groups is 2. The highest BCUT2D eigenvalue weighted by Crippen LogP contribution is 2.32. The standard InChI is InChI=1S/C40H48N10O4S2/c1-21(19-49-26(6)16-33(48-49)43-39-41-17-31(55-39)37(53)45-35-23(3)11-13-29(51)27(35)7)9-10-22(2)20-50-34(15-25(5)47-50)44-40-42-18-32(56-40)38(54)46-36-24(4)12-14-30(52)28(36)8/h11-18,21-22,51-52H,9-10,19-20H2,1-8H3,(H,42,44)(H,45,53)(H,46,54)(H,41,43,48). The number of benzene rings is 2. The molecular formula is C40H48N10O4S2. The van der Waals surface area contributed by atoms with Crippen molar-refractivity contribution in [3.05, 3.63) is 92.2 Å². The van der Waals surface area contributed by atoms with Crippen LogP contribution >= 0.6 is 22.7 Å². The maximum absolute atomic E-state index is 13.0. The number of amides is 2. The molecule has 0 spiro atoms. The summed E-state index contributed by atoms with van der Waals surface area (Å²) in [5.41, 5.74) is 6.05. The van der Waals surface area contributed by atoms with Gasteiger partial charge in [-0.05, 0) is 89.5 Å². The second-order valence-electron chi connectivity index (χ2n) is 14.5. The first-order chi connectivity index (χ1) is 26.6. The number of hydrogen-bond donors (Lipinski definition) is 6. The lowest BCUT2D eigenvalue weighted by Crippen LogP contribution is -2.15. The van der Waals surface area contributed by atoms with Crippen LogP contribution in [0.1, 0.15) is 79.7 Å². The smallest absolute Gasteiger partial charge is 0.267 e. The highest BCUT2D eigenvalue weighted by atomic mass is 32.1. The third-order valence-corrected chi connectivity index (χ3v) is 11.5. The number of carbonyl (C=O) groups excluding carboxylic acids is 2. The lowest BCUT2D eigenvalue weighted by molar-refractivity contribution is 0.102. The van der Waals surface area contributed by atoms with E-state index in [9.17, 15) is 19.8 Å². The average molecular weight is 797 g/mol. The van der Waals surface area contributed by atoms with Crippen LogP contribution in [0.4, 0.5) is 33.3 Å². The summed E-state index contributed by atoms with van der Waals surface area (Å²) < 4.78 is 3.96. The number of hydrogen-bond acceptors (Lipinski definition) is 12. The van der Waals surface area contributed by atoms with E-state index in [2.05, 4.69) is 45.1 Å². The van der Waals surface area contributed by atoms with Crippen molar-refractivity contribution in [2.75, 3.05) is 21.3 Å². The third kappa shape index (κ3) is 9.37. The molecule has 0 saturated carbocycles. The molecule has 14 nitrogen and oxygen atoms in total. The Balaban J connectivity index is 0.988. The molecule has 4 heterocycles. The maximum atomic E-state index is 13.0. The summed E-state index contributed by atoms with van der Waals surface area (Å²) in [7, 11) is 0. The van der Waals surface area contributed by atoms with Gasteiger partial charge >= 0.3 is 0 Å². The summed E-state index contributed by atoms with van der Waals surface area (Å²) in [6, 6.07) is 10.7. The van der Waals surface area contributed by atoms with Crippen LogP contribution in [0.25, 0.3) is 0 Å². The Bertz CT molecular complexity index is 2380. The normalized spacial score (nSPS) is 12.4. The van der Waals surface area contributed by atoms with Crippen molar-refractivity contribution in [2.24, 2.45) is 11.8 Å². The lowest BCUT2D eigenvalue weighted by atomic mass is 9.98. The first-order valence-corrected chi connectivity index (χ1v) is 20.0. The number of aromatic nitrogens is 6. The minimum atomic E-state index is -0.292. The monoisotopic (exact) mass is 796 g/mol. The Morgan fingerprint density at radius 3 is 1.73 bits per heavy atom. The third-order valence-electron chi connectivity index (χ3n) is 9.70. The van der Waals surface area contributed by atoms with Crippen LogP contribution < -0.4 is 21.3 Å². The first kappa shape index (κ1) is 39.9. The van der Waals surface area contributed by atoms with Crippen LogP contribution in [0.15, 0.2) is 48.8 Å². The zero-order chi connectivity index (χ0) is 40.3. The SMILES string of the molecule is Cc1cc(Nc2ncc(C(=O)Nc3c(C)ccc(O)c3C)s2)n(CC(C)CCC(C)Cn2nc(Nc3ncc(C(=O)Nc4c(C)ccc(O)c4C)s3)cc2C)n1. The molecule has 56 heavy (non-hydrogen) atoms. The Morgan fingerprint density at radius 1 is 0.696 bits per heavy atom. The van der Waals surface area contributed by atoms with E-state index in [1.807, 2.05) is 49.2 Å². The highest BCUT2D eigenvalue weighted by Gasteiger charge is 2.19. The van der Waals surface area contributed by atoms with E-state index >= 15 is 0 Å². The van der Waals surface area contributed by atoms with Crippen molar-refractivity contribution < 1.29 is 19.8 Å². The Labute approximate surface area is 334 Å². The molecule has 6 aromatic rings. The van der Waals surface area contributed by atoms with Gasteiger partial charge in [-0.2, -0.15) is 10.2 Å². The fourth-order valence-corrected chi connectivity index (χ4v) is 7.82. The number of phenols is 2. The van der Waals surface area contributed by atoms with Gasteiger partial charge in [-0.3, -0.25) is 14.3 Å². The van der Waals surface area contributed by atoms with Crippen LogP contribution in [0.3, 0.4) is 0 Å². The molecule has 0 bridgehead atoms. The van der Waals surface area contributed by atoms with Crippen molar-refractivity contribution in [1.29, 1.82) is 0 Å². The van der Waals surface area contributed by atoms with Gasteiger partial charge in [0.1, 0.15) is 27.1 Å². The number of nitrogens with one attached hydrogen (secondary N) is 4. The number of anilines is 6. The van der Waals surface area contributed by atoms with Crippen molar-refractivity contribution in [3.63, 3.8) is 0 Å². The Kier molecular flexibility index (Phi) is 12.1. The largest absolute Gasteiger partial charge is 0.508 e. The minimum Gasteiger partial charge on any atom is -0.508 e. The molecule has 2 aromatic carbocycles. The summed E-state index contributed by atoms with van der Waals surface area (Å²) >= 11 is 2.49. The van der Waals surface area contributed by atoms with Gasteiger partial charge in [-0.25, -0.2) is 14.6 Å². The molecule has 2 amide bonds. The average Bonchev–Trinajstić information content (AvgIpc) is 3.96. The number of rotatable bonds is 15. The summed E-state index contributed by atoms with van der Waals surface area (Å²) in [5.74, 6) is 1.86. The van der Waals surface area contributed by atoms with Crippen LogP contribution in [0, 0.1) is 53.4 Å². The van der Waals surface area contributed by atoms with Crippen molar-refractivity contribution in [2.45, 2.75) is 81.3 Å². The van der Waals surface area contributed by atoms with Crippen LogP contribution in [0.5, 0.6) is 11.5 Å². The van der Waals surface area contributed by atoms with Crippen LogP contribution in [-0.2, 0) is 13.1 Å². The second-order valence-corrected chi connectivity index (χ2v) is 16.6. The molecule has 0 aliphatic carbocycles. The predicted octanol–water partition coefficient (Wildman–Crippen LogP) is 9.00. The van der Waals surface area contributed by atoms with E-state index in [1.165, 1.54) is 28.9 Å². The van der Waals surface area contributed by atoms with E-state index in [0.29, 0.717) is 66.7 Å². The fraction of sp³-hybridized carbons (Fsp3) is 0.350. The number of nitrogens with zero attached hydrogens (tertiary/aromatic N) is 6. The van der Waals surface area contributed by atoms with Gasteiger partial charge in [-0.1, -0.05) is 48.7 Å². The number of aromatic hydroxyl groups is 2. The van der Waals surface area contributed by atoms with E-state index in [0.717, 1.165) is 47.7 Å². The molecule has 0 radical (unpaired) electrons. The van der Waals surface area contributed by atoms with Crippen molar-refractivity contribution >= 4 is 67.8 Å². The topological polar surface area (TPSA) is 184 Å². The molecule has 16 heteroatoms. The van der Waals surface area contributed by atoms with Crippen molar-refractivity contribution in [1.82, 2.24) is 29.5 Å². The molecule has 6 N–H and O–H groups in total. The van der Waals surface area contributed by atoms with Crippen LogP contribution in [-0.4, -0.2) is 51.6 Å². The van der Waals surface area contributed by atoms with Gasteiger partial charge in [-0.15, -0.1) is 0 Å². The van der Waals surface area contributed by atoms with E-state index in [1.54, 1.807) is 44.3 Å². The van der Waals surface area contributed by atoms with E-state index in [4.69, 9.17) is 10.2 Å². The quantitative estimate of drug-likeness (QED) is 0.0586. The van der Waals surface area contributed by atoms with Gasteiger partial charge < -0.3 is 31.5 Å². The van der Waals surface area contributed by atoms with E-state index in [-0.39, 0.29) is 23.3 Å². The number of phenolic OH excluding ortho intramolecular Hbond substituents is 2. The molecule has 0 aliphatic rings. The Hall–Kier alpha value is -5.74. The molecule has 4 aromatic heterocycles. The fourth-order valence-electron chi connectivity index (χ4n) is 6.38. The minimum absolute atomic E-state index is 0.130. The summed E-state index contributed by atoms with van der Waals surface area (Å²) in [4.78, 5) is 35.7. The maximum Gasteiger partial charge on any atom is 0.267 e. The molecule has 0 saturated heterocycles. The van der Waals surface area contributed by atoms with Crippen LogP contribution in [0.2, 0.25) is 0 Å². The molecule has 2 atom stereocenters. The van der Waals surface area contributed by atoms with Gasteiger partial charge in [0.2, 0.25) is 0 Å². The molecule has 0 aliphatic heterocycles. The summed E-state index contributed by atoms with van der Waals surface area (Å²) in [6.45, 7) is 17.2. The summed E-state index contributed by atoms with van der Waals surface area (Å²) in [5, 5.41) is 43.2. The van der Waals surface area contributed by atoms with Crippen molar-refractivity contribution in [3.8, 4) is 11.5 Å². The highest BCUT2D eigenvalue weighted by molar-refractivity contribution is 7.18. The summed E-state index contributed by atoms with van der Waals surface area (Å²) in [6.07, 6.45) is 5.07.